The number of rotatable bonds is 4. The Morgan fingerprint density at radius 3 is 2.73 bits per heavy atom. The first-order chi connectivity index (χ1) is 10.7. The fourth-order valence-electron chi connectivity index (χ4n) is 2.12. The lowest BCUT2D eigenvalue weighted by molar-refractivity contribution is 0.0953. The van der Waals surface area contributed by atoms with Crippen molar-refractivity contribution in [2.45, 2.75) is 13.1 Å². The average molecular weight is 314 g/mol. The van der Waals surface area contributed by atoms with Crippen molar-refractivity contribution in [3.05, 3.63) is 63.0 Å². The third-order valence-electron chi connectivity index (χ3n) is 3.33. The first kappa shape index (κ1) is 14.4. The maximum Gasteiger partial charge on any atom is 0.260 e. The number of hydrogen-bond donors (Lipinski definition) is 3. The standard InChI is InChI=1S/C15H14N4O2S/c16-5-9-1-3-10(4-2-9)6-17-13(20)11-7-22-15-12(11)14(21)18-8-19-15/h1-4,7-8H,5-6,16H2,(H,17,20)(H,18,19,21). The summed E-state index contributed by atoms with van der Waals surface area (Å²) in [6.07, 6.45) is 1.34. The molecule has 0 fully saturated rings. The zero-order chi connectivity index (χ0) is 15.5. The van der Waals surface area contributed by atoms with Gasteiger partial charge in [0.05, 0.1) is 17.3 Å². The number of carbonyl (C=O) groups is 1. The van der Waals surface area contributed by atoms with Gasteiger partial charge in [0.15, 0.2) is 0 Å². The van der Waals surface area contributed by atoms with Crippen molar-refractivity contribution in [3.8, 4) is 0 Å². The molecule has 4 N–H and O–H groups in total. The lowest BCUT2D eigenvalue weighted by Crippen LogP contribution is -2.23. The predicted octanol–water partition coefficient (Wildman–Crippen LogP) is 1.37. The summed E-state index contributed by atoms with van der Waals surface area (Å²) >= 11 is 1.28. The molecule has 0 spiro atoms. The SMILES string of the molecule is NCc1ccc(CNC(=O)c2csc3nc[nH]c(=O)c23)cc1. The van der Waals surface area contributed by atoms with Gasteiger partial charge in [-0.05, 0) is 11.1 Å². The fourth-order valence-corrected chi connectivity index (χ4v) is 3.01. The van der Waals surface area contributed by atoms with Gasteiger partial charge in [0.25, 0.3) is 11.5 Å². The van der Waals surface area contributed by atoms with Crippen molar-refractivity contribution < 1.29 is 4.79 Å². The van der Waals surface area contributed by atoms with Crippen LogP contribution in [0.3, 0.4) is 0 Å². The van der Waals surface area contributed by atoms with Gasteiger partial charge in [-0.2, -0.15) is 0 Å². The Labute approximate surface area is 130 Å². The molecule has 22 heavy (non-hydrogen) atoms. The highest BCUT2D eigenvalue weighted by Gasteiger charge is 2.15. The molecule has 0 saturated carbocycles. The van der Waals surface area contributed by atoms with Crippen LogP contribution in [-0.4, -0.2) is 15.9 Å². The number of nitrogens with zero attached hydrogens (tertiary/aromatic N) is 1. The van der Waals surface area contributed by atoms with E-state index >= 15 is 0 Å². The monoisotopic (exact) mass is 314 g/mol. The third kappa shape index (κ3) is 2.76. The molecule has 0 atom stereocenters. The Kier molecular flexibility index (Phi) is 3.99. The van der Waals surface area contributed by atoms with Gasteiger partial charge in [-0.15, -0.1) is 11.3 Å². The summed E-state index contributed by atoms with van der Waals surface area (Å²) in [6, 6.07) is 7.69. The number of H-pyrrole nitrogens is 1. The zero-order valence-electron chi connectivity index (χ0n) is 11.6. The average Bonchev–Trinajstić information content (AvgIpc) is 2.98. The second kappa shape index (κ2) is 6.08. The molecule has 1 amide bonds. The van der Waals surface area contributed by atoms with Gasteiger partial charge in [-0.25, -0.2) is 4.98 Å². The number of nitrogens with one attached hydrogen (secondary N) is 2. The maximum absolute atomic E-state index is 12.3. The Morgan fingerprint density at radius 1 is 1.27 bits per heavy atom. The van der Waals surface area contributed by atoms with Crippen molar-refractivity contribution >= 4 is 27.5 Å². The number of benzene rings is 1. The number of hydrogen-bond acceptors (Lipinski definition) is 5. The van der Waals surface area contributed by atoms with Crippen LogP contribution in [0.2, 0.25) is 0 Å². The predicted molar refractivity (Wildman–Crippen MR) is 85.7 cm³/mol. The number of amides is 1. The second-order valence-electron chi connectivity index (χ2n) is 4.76. The molecule has 0 saturated heterocycles. The molecule has 112 valence electrons. The first-order valence-electron chi connectivity index (χ1n) is 6.70. The van der Waals surface area contributed by atoms with E-state index in [0.717, 1.165) is 11.1 Å². The van der Waals surface area contributed by atoms with E-state index in [4.69, 9.17) is 5.73 Å². The molecule has 7 heteroatoms. The van der Waals surface area contributed by atoms with Crippen molar-refractivity contribution in [2.24, 2.45) is 5.73 Å². The van der Waals surface area contributed by atoms with Gasteiger partial charge in [-0.1, -0.05) is 24.3 Å². The van der Waals surface area contributed by atoms with E-state index in [2.05, 4.69) is 15.3 Å². The molecule has 6 nitrogen and oxygen atoms in total. The van der Waals surface area contributed by atoms with Crippen LogP contribution >= 0.6 is 11.3 Å². The summed E-state index contributed by atoms with van der Waals surface area (Å²) in [5, 5.41) is 4.80. The van der Waals surface area contributed by atoms with E-state index in [0.29, 0.717) is 28.9 Å². The molecule has 0 unspecified atom stereocenters. The van der Waals surface area contributed by atoms with E-state index in [1.165, 1.54) is 17.7 Å². The molecule has 2 heterocycles. The van der Waals surface area contributed by atoms with E-state index in [-0.39, 0.29) is 11.5 Å². The quantitative estimate of drug-likeness (QED) is 0.677. The first-order valence-corrected chi connectivity index (χ1v) is 7.58. The highest BCUT2D eigenvalue weighted by atomic mass is 32.1. The van der Waals surface area contributed by atoms with Crippen molar-refractivity contribution in [1.29, 1.82) is 0 Å². The Hall–Kier alpha value is -2.51. The van der Waals surface area contributed by atoms with Crippen LogP contribution in [0.5, 0.6) is 0 Å². The van der Waals surface area contributed by atoms with E-state index in [1.807, 2.05) is 24.3 Å². The van der Waals surface area contributed by atoms with Crippen LogP contribution in [0.15, 0.2) is 40.8 Å². The highest BCUT2D eigenvalue weighted by Crippen LogP contribution is 2.20. The van der Waals surface area contributed by atoms with Crippen molar-refractivity contribution in [1.82, 2.24) is 15.3 Å². The summed E-state index contributed by atoms with van der Waals surface area (Å²) in [5.41, 5.74) is 7.61. The normalized spacial score (nSPS) is 10.8. The fraction of sp³-hybridized carbons (Fsp3) is 0.133. The van der Waals surface area contributed by atoms with Crippen LogP contribution in [0.1, 0.15) is 21.5 Å². The maximum atomic E-state index is 12.3. The van der Waals surface area contributed by atoms with E-state index in [9.17, 15) is 9.59 Å². The minimum absolute atomic E-state index is 0.285. The molecule has 3 aromatic rings. The van der Waals surface area contributed by atoms with Crippen LogP contribution in [0.25, 0.3) is 10.2 Å². The van der Waals surface area contributed by atoms with Gasteiger partial charge in [0, 0.05) is 18.5 Å². The summed E-state index contributed by atoms with van der Waals surface area (Å²) in [5.74, 6) is -0.285. The molecule has 0 bridgehead atoms. The molecule has 3 rings (SSSR count). The zero-order valence-corrected chi connectivity index (χ0v) is 12.4. The van der Waals surface area contributed by atoms with Gasteiger partial charge >= 0.3 is 0 Å². The van der Waals surface area contributed by atoms with E-state index < -0.39 is 0 Å². The van der Waals surface area contributed by atoms with Crippen molar-refractivity contribution in [3.63, 3.8) is 0 Å². The van der Waals surface area contributed by atoms with Crippen molar-refractivity contribution in [2.75, 3.05) is 0 Å². The number of carbonyl (C=O) groups excluding carboxylic acids is 1. The number of aromatic nitrogens is 2. The van der Waals surface area contributed by atoms with Gasteiger partial charge in [-0.3, -0.25) is 9.59 Å². The molecule has 2 aromatic heterocycles. The van der Waals surface area contributed by atoms with Gasteiger partial charge in [0.1, 0.15) is 4.83 Å². The lowest BCUT2D eigenvalue weighted by atomic mass is 10.1. The van der Waals surface area contributed by atoms with Gasteiger partial charge < -0.3 is 16.0 Å². The third-order valence-corrected chi connectivity index (χ3v) is 4.22. The molecule has 1 aromatic carbocycles. The number of thiophene rings is 1. The highest BCUT2D eigenvalue weighted by molar-refractivity contribution is 7.17. The second-order valence-corrected chi connectivity index (χ2v) is 5.62. The Balaban J connectivity index is 1.77. The summed E-state index contributed by atoms with van der Waals surface area (Å²) in [7, 11) is 0. The minimum atomic E-state index is -0.302. The number of nitrogens with two attached hydrogens (primary N) is 1. The van der Waals surface area contributed by atoms with E-state index in [1.54, 1.807) is 5.38 Å². The van der Waals surface area contributed by atoms with Crippen LogP contribution in [0, 0.1) is 0 Å². The Morgan fingerprint density at radius 2 is 2.00 bits per heavy atom. The van der Waals surface area contributed by atoms with Crippen LogP contribution in [-0.2, 0) is 13.1 Å². The lowest BCUT2D eigenvalue weighted by Gasteiger charge is -2.05. The summed E-state index contributed by atoms with van der Waals surface area (Å²) in [4.78, 5) is 31.2. The molecule has 0 radical (unpaired) electrons. The topological polar surface area (TPSA) is 101 Å². The minimum Gasteiger partial charge on any atom is -0.348 e. The number of fused-ring (bicyclic) bond motifs is 1. The molecule has 0 aliphatic heterocycles. The molecule has 0 aliphatic rings. The largest absolute Gasteiger partial charge is 0.348 e. The summed E-state index contributed by atoms with van der Waals surface area (Å²) < 4.78 is 0. The smallest absolute Gasteiger partial charge is 0.260 e. The Bertz CT molecular complexity index is 867. The van der Waals surface area contributed by atoms with Crippen LogP contribution in [0.4, 0.5) is 0 Å². The molecule has 0 aliphatic carbocycles. The summed E-state index contributed by atoms with van der Waals surface area (Å²) in [6.45, 7) is 0.877. The number of aromatic amines is 1. The van der Waals surface area contributed by atoms with Gasteiger partial charge in [0.2, 0.25) is 0 Å². The molecular formula is C15H14N4O2S. The molecular weight excluding hydrogens is 300 g/mol. The van der Waals surface area contributed by atoms with Crippen LogP contribution < -0.4 is 16.6 Å².